The number of likely N-dealkylation sites (tertiary alicyclic amines) is 1. The van der Waals surface area contributed by atoms with Gasteiger partial charge in [0.25, 0.3) is 0 Å². The normalized spacial score (nSPS) is 24.0. The Labute approximate surface area is 113 Å². The van der Waals surface area contributed by atoms with Crippen LogP contribution in [0.15, 0.2) is 18.2 Å². The first-order valence-corrected chi connectivity index (χ1v) is 5.89. The molecule has 0 spiro atoms. The number of benzene rings is 1. The predicted octanol–water partition coefficient (Wildman–Crippen LogP) is 2.56. The van der Waals surface area contributed by atoms with Gasteiger partial charge in [-0.25, -0.2) is 8.78 Å². The highest BCUT2D eigenvalue weighted by atomic mass is 35.5. The van der Waals surface area contributed by atoms with Crippen molar-refractivity contribution < 1.29 is 8.78 Å². The van der Waals surface area contributed by atoms with E-state index in [9.17, 15) is 8.78 Å². The van der Waals surface area contributed by atoms with Crippen molar-refractivity contribution in [1.82, 2.24) is 4.90 Å². The molecule has 1 aliphatic rings. The molecule has 1 aliphatic heterocycles. The van der Waals surface area contributed by atoms with E-state index in [1.165, 1.54) is 12.1 Å². The number of hydrogen-bond acceptors (Lipinski definition) is 2. The molecular weight excluding hydrogens is 258 g/mol. The van der Waals surface area contributed by atoms with E-state index in [1.54, 1.807) is 6.07 Å². The summed E-state index contributed by atoms with van der Waals surface area (Å²) in [5.74, 6) is -1.56. The summed E-state index contributed by atoms with van der Waals surface area (Å²) in [5.41, 5.74) is 6.71. The maximum absolute atomic E-state index is 13.1. The first kappa shape index (κ1) is 15.3. The van der Waals surface area contributed by atoms with Crippen LogP contribution in [0.5, 0.6) is 0 Å². The second-order valence-corrected chi connectivity index (χ2v) is 5.22. The van der Waals surface area contributed by atoms with E-state index in [4.69, 9.17) is 5.73 Å². The Bertz CT molecular complexity index is 414. The summed E-state index contributed by atoms with van der Waals surface area (Å²) in [6, 6.07) is 4.09. The predicted molar refractivity (Wildman–Crippen MR) is 70.7 cm³/mol. The molecular formula is C13H19ClF2N2. The number of nitrogens with zero attached hydrogens (tertiary/aromatic N) is 1. The fourth-order valence-corrected chi connectivity index (χ4v) is 2.32. The van der Waals surface area contributed by atoms with Gasteiger partial charge in [0.15, 0.2) is 11.6 Å². The summed E-state index contributed by atoms with van der Waals surface area (Å²) in [6.07, 6.45) is 1.06. The van der Waals surface area contributed by atoms with E-state index in [0.717, 1.165) is 25.1 Å². The lowest BCUT2D eigenvalue weighted by Gasteiger charge is -2.22. The summed E-state index contributed by atoms with van der Waals surface area (Å²) in [6.45, 7) is 5.38. The Morgan fingerprint density at radius 1 is 1.33 bits per heavy atom. The van der Waals surface area contributed by atoms with E-state index in [0.29, 0.717) is 13.1 Å². The second-order valence-electron chi connectivity index (χ2n) is 5.22. The van der Waals surface area contributed by atoms with Gasteiger partial charge in [-0.05, 0) is 42.6 Å². The average molecular weight is 277 g/mol. The maximum atomic E-state index is 13.1. The van der Waals surface area contributed by atoms with Crippen LogP contribution in [0.1, 0.15) is 18.9 Å². The van der Waals surface area contributed by atoms with Gasteiger partial charge in [0.1, 0.15) is 0 Å². The number of hydrogen-bond donors (Lipinski definition) is 1. The molecule has 1 atom stereocenters. The Hall–Kier alpha value is -0.710. The second kappa shape index (κ2) is 5.95. The van der Waals surface area contributed by atoms with Crippen LogP contribution in [-0.4, -0.2) is 24.5 Å². The molecule has 1 aromatic rings. The van der Waals surface area contributed by atoms with Gasteiger partial charge in [0, 0.05) is 13.1 Å². The van der Waals surface area contributed by atoms with E-state index in [1.807, 2.05) is 0 Å². The van der Waals surface area contributed by atoms with Crippen molar-refractivity contribution in [3.8, 4) is 0 Å². The van der Waals surface area contributed by atoms with Crippen molar-refractivity contribution in [2.24, 2.45) is 11.1 Å². The van der Waals surface area contributed by atoms with Crippen molar-refractivity contribution in [3.63, 3.8) is 0 Å². The lowest BCUT2D eigenvalue weighted by molar-refractivity contribution is 0.274. The third kappa shape index (κ3) is 3.40. The molecule has 2 rings (SSSR count). The Morgan fingerprint density at radius 2 is 2.06 bits per heavy atom. The van der Waals surface area contributed by atoms with Gasteiger partial charge in [0.05, 0.1) is 0 Å². The zero-order valence-corrected chi connectivity index (χ0v) is 11.3. The van der Waals surface area contributed by atoms with Crippen molar-refractivity contribution in [2.75, 3.05) is 19.6 Å². The van der Waals surface area contributed by atoms with Crippen LogP contribution in [0.25, 0.3) is 0 Å². The first-order valence-electron chi connectivity index (χ1n) is 5.89. The minimum atomic E-state index is -0.790. The number of nitrogens with two attached hydrogens (primary N) is 1. The molecule has 2 N–H and O–H groups in total. The maximum Gasteiger partial charge on any atom is 0.159 e. The molecule has 5 heteroatoms. The van der Waals surface area contributed by atoms with Crippen molar-refractivity contribution >= 4 is 12.4 Å². The molecule has 102 valence electrons. The van der Waals surface area contributed by atoms with E-state index in [-0.39, 0.29) is 17.8 Å². The molecule has 1 saturated heterocycles. The molecule has 18 heavy (non-hydrogen) atoms. The van der Waals surface area contributed by atoms with Gasteiger partial charge < -0.3 is 5.73 Å². The topological polar surface area (TPSA) is 29.3 Å². The van der Waals surface area contributed by atoms with Crippen LogP contribution in [0.3, 0.4) is 0 Å². The quantitative estimate of drug-likeness (QED) is 0.919. The third-order valence-corrected chi connectivity index (χ3v) is 3.52. The first-order chi connectivity index (χ1) is 8.02. The Kier molecular flexibility index (Phi) is 5.08. The molecule has 0 bridgehead atoms. The molecule has 2 nitrogen and oxygen atoms in total. The zero-order valence-electron chi connectivity index (χ0n) is 10.5. The molecule has 0 amide bonds. The van der Waals surface area contributed by atoms with Gasteiger partial charge in [-0.2, -0.15) is 0 Å². The molecule has 1 aromatic carbocycles. The van der Waals surface area contributed by atoms with Crippen molar-refractivity contribution in [2.45, 2.75) is 19.9 Å². The van der Waals surface area contributed by atoms with Crippen LogP contribution in [0, 0.1) is 17.0 Å². The molecule has 1 heterocycles. The standard InChI is InChI=1S/C13H18F2N2.ClH/c1-13(8-16)4-5-17(9-13)7-10-2-3-11(14)12(15)6-10;/h2-3,6H,4-5,7-9,16H2,1H3;1H. The fraction of sp³-hybridized carbons (Fsp3) is 0.538. The fourth-order valence-electron chi connectivity index (χ4n) is 2.32. The van der Waals surface area contributed by atoms with Gasteiger partial charge in [-0.3, -0.25) is 4.90 Å². The van der Waals surface area contributed by atoms with Gasteiger partial charge in [-0.15, -0.1) is 12.4 Å². The third-order valence-electron chi connectivity index (χ3n) is 3.52. The Balaban J connectivity index is 0.00000162. The summed E-state index contributed by atoms with van der Waals surface area (Å²) in [4.78, 5) is 2.24. The van der Waals surface area contributed by atoms with Crippen molar-refractivity contribution in [1.29, 1.82) is 0 Å². The smallest absolute Gasteiger partial charge is 0.159 e. The lowest BCUT2D eigenvalue weighted by atomic mass is 9.90. The summed E-state index contributed by atoms with van der Waals surface area (Å²) < 4.78 is 25.8. The lowest BCUT2D eigenvalue weighted by Crippen LogP contribution is -2.31. The highest BCUT2D eigenvalue weighted by Gasteiger charge is 2.32. The SMILES string of the molecule is CC1(CN)CCN(Cc2ccc(F)c(F)c2)C1.Cl. The summed E-state index contributed by atoms with van der Waals surface area (Å²) in [7, 11) is 0. The number of rotatable bonds is 3. The minimum Gasteiger partial charge on any atom is -0.330 e. The molecule has 0 saturated carbocycles. The zero-order chi connectivity index (χ0) is 12.5. The number of halogens is 3. The van der Waals surface area contributed by atoms with Crippen LogP contribution < -0.4 is 5.73 Å². The van der Waals surface area contributed by atoms with Gasteiger partial charge >= 0.3 is 0 Å². The van der Waals surface area contributed by atoms with Crippen LogP contribution in [-0.2, 0) is 6.54 Å². The molecule has 0 radical (unpaired) electrons. The molecule has 1 unspecified atom stereocenters. The molecule has 1 fully saturated rings. The van der Waals surface area contributed by atoms with Crippen LogP contribution >= 0.6 is 12.4 Å². The highest BCUT2D eigenvalue weighted by molar-refractivity contribution is 5.85. The van der Waals surface area contributed by atoms with E-state index >= 15 is 0 Å². The van der Waals surface area contributed by atoms with Gasteiger partial charge in [0.2, 0.25) is 0 Å². The monoisotopic (exact) mass is 276 g/mol. The van der Waals surface area contributed by atoms with Crippen LogP contribution in [0.4, 0.5) is 8.78 Å². The summed E-state index contributed by atoms with van der Waals surface area (Å²) >= 11 is 0. The van der Waals surface area contributed by atoms with E-state index < -0.39 is 11.6 Å². The minimum absolute atomic E-state index is 0. The highest BCUT2D eigenvalue weighted by Crippen LogP contribution is 2.29. The Morgan fingerprint density at radius 3 is 2.61 bits per heavy atom. The van der Waals surface area contributed by atoms with Crippen molar-refractivity contribution in [3.05, 3.63) is 35.4 Å². The average Bonchev–Trinajstić information content (AvgIpc) is 2.67. The van der Waals surface area contributed by atoms with Gasteiger partial charge in [-0.1, -0.05) is 13.0 Å². The largest absolute Gasteiger partial charge is 0.330 e. The molecule has 0 aromatic heterocycles. The molecule has 0 aliphatic carbocycles. The summed E-state index contributed by atoms with van der Waals surface area (Å²) in [5, 5.41) is 0. The van der Waals surface area contributed by atoms with E-state index in [2.05, 4.69) is 11.8 Å². The van der Waals surface area contributed by atoms with Crippen LogP contribution in [0.2, 0.25) is 0 Å².